The molecule has 0 aromatic carbocycles. The number of methoxy groups -OCH3 is 1. The first-order valence-corrected chi connectivity index (χ1v) is 11.2. The molecule has 0 spiro atoms. The molecule has 1 aromatic rings. The van der Waals surface area contributed by atoms with Crippen LogP contribution in [0.5, 0.6) is 5.75 Å². The molecule has 0 aliphatic heterocycles. The molecule has 4 rings (SSSR count). The Morgan fingerprint density at radius 2 is 1.88 bits per heavy atom. The molecule has 0 unspecified atom stereocenters. The number of carbonyl (C=O) groups is 3. The van der Waals surface area contributed by atoms with Crippen LogP contribution in [0.3, 0.4) is 0 Å². The van der Waals surface area contributed by atoms with E-state index in [0.29, 0.717) is 49.7 Å². The zero-order valence-electron chi connectivity index (χ0n) is 19.5. The Bertz CT molecular complexity index is 959. The summed E-state index contributed by atoms with van der Waals surface area (Å²) in [5.41, 5.74) is -0.763. The number of hydrogen-bond donors (Lipinski definition) is 1. The predicted molar refractivity (Wildman–Crippen MR) is 116 cm³/mol. The van der Waals surface area contributed by atoms with Crippen molar-refractivity contribution in [3.63, 3.8) is 0 Å². The van der Waals surface area contributed by atoms with Gasteiger partial charge in [0, 0.05) is 22.9 Å². The zero-order valence-corrected chi connectivity index (χ0v) is 19.5. The van der Waals surface area contributed by atoms with Gasteiger partial charge < -0.3 is 14.8 Å². The van der Waals surface area contributed by atoms with Gasteiger partial charge in [-0.2, -0.15) is 5.10 Å². The van der Waals surface area contributed by atoms with Crippen molar-refractivity contribution < 1.29 is 23.9 Å². The molecule has 32 heavy (non-hydrogen) atoms. The predicted octanol–water partition coefficient (Wildman–Crippen LogP) is 1.96. The Morgan fingerprint density at radius 3 is 2.47 bits per heavy atom. The molecule has 0 atom stereocenters. The van der Waals surface area contributed by atoms with Crippen LogP contribution < -0.4 is 15.6 Å². The van der Waals surface area contributed by atoms with Crippen LogP contribution in [0.4, 0.5) is 0 Å². The summed E-state index contributed by atoms with van der Waals surface area (Å²) in [6.07, 6.45) is 2.11. The summed E-state index contributed by atoms with van der Waals surface area (Å²) in [4.78, 5) is 49.2. The molecule has 176 valence electrons. The average Bonchev–Trinajstić information content (AvgIpc) is 3.24. The van der Waals surface area contributed by atoms with Crippen molar-refractivity contribution in [2.75, 3.05) is 13.7 Å². The first kappa shape index (κ1) is 23.9. The van der Waals surface area contributed by atoms with Gasteiger partial charge in [-0.25, -0.2) is 4.68 Å². The highest BCUT2D eigenvalue weighted by molar-refractivity contribution is 6.00. The van der Waals surface area contributed by atoms with Crippen molar-refractivity contribution in [1.82, 2.24) is 15.1 Å². The molecule has 3 aliphatic rings. The lowest BCUT2D eigenvalue weighted by Gasteiger charge is -2.46. The minimum absolute atomic E-state index is 0.0218. The molecule has 9 heteroatoms. The van der Waals surface area contributed by atoms with E-state index in [1.165, 1.54) is 13.2 Å². The minimum Gasteiger partial charge on any atom is -0.491 e. The third-order valence-electron chi connectivity index (χ3n) is 6.37. The molecule has 3 saturated carbocycles. The van der Waals surface area contributed by atoms with E-state index < -0.39 is 22.5 Å². The van der Waals surface area contributed by atoms with Crippen LogP contribution in [0.25, 0.3) is 0 Å². The van der Waals surface area contributed by atoms with Crippen molar-refractivity contribution in [2.24, 2.45) is 11.3 Å². The topological polar surface area (TPSA) is 117 Å². The molecular formula is C23H33N3O6. The molecule has 3 fully saturated rings. The second-order valence-corrected chi connectivity index (χ2v) is 9.89. The number of hydrogen-bond acceptors (Lipinski definition) is 7. The summed E-state index contributed by atoms with van der Waals surface area (Å²) in [6, 6.07) is 1.39. The maximum atomic E-state index is 12.7. The number of aromatic nitrogens is 2. The van der Waals surface area contributed by atoms with Gasteiger partial charge in [-0.1, -0.05) is 27.7 Å². The maximum absolute atomic E-state index is 12.7. The van der Waals surface area contributed by atoms with Crippen molar-refractivity contribution in [3.8, 4) is 5.75 Å². The van der Waals surface area contributed by atoms with E-state index in [2.05, 4.69) is 15.2 Å². The lowest BCUT2D eigenvalue weighted by Crippen LogP contribution is -2.58. The van der Waals surface area contributed by atoms with Crippen molar-refractivity contribution in [1.29, 1.82) is 0 Å². The number of nitrogens with one attached hydrogen (secondary N) is 1. The molecule has 0 radical (unpaired) electrons. The summed E-state index contributed by atoms with van der Waals surface area (Å²) >= 11 is 0. The van der Waals surface area contributed by atoms with Gasteiger partial charge >= 0.3 is 5.97 Å². The van der Waals surface area contributed by atoms with Gasteiger partial charge in [0.05, 0.1) is 13.7 Å². The Morgan fingerprint density at radius 1 is 1.19 bits per heavy atom. The highest BCUT2D eigenvalue weighted by Gasteiger charge is 2.64. The summed E-state index contributed by atoms with van der Waals surface area (Å²) in [7, 11) is 1.26. The molecule has 1 N–H and O–H groups in total. The fourth-order valence-electron chi connectivity index (χ4n) is 4.80. The van der Waals surface area contributed by atoms with E-state index in [-0.39, 0.29) is 30.6 Å². The molecular weight excluding hydrogens is 414 g/mol. The van der Waals surface area contributed by atoms with E-state index in [1.54, 1.807) is 0 Å². The zero-order chi connectivity index (χ0) is 23.7. The largest absolute Gasteiger partial charge is 0.491 e. The van der Waals surface area contributed by atoms with Crippen LogP contribution in [0.1, 0.15) is 71.4 Å². The molecule has 9 nitrogen and oxygen atoms in total. The molecule has 1 aromatic heterocycles. The van der Waals surface area contributed by atoms with Gasteiger partial charge in [0.1, 0.15) is 30.2 Å². The summed E-state index contributed by atoms with van der Waals surface area (Å²) < 4.78 is 11.5. The Hall–Kier alpha value is -2.71. The minimum atomic E-state index is -0.545. The van der Waals surface area contributed by atoms with Gasteiger partial charge in [-0.15, -0.1) is 0 Å². The fraction of sp³-hybridized carbons (Fsp3) is 0.696. The van der Waals surface area contributed by atoms with E-state index in [0.717, 1.165) is 4.68 Å². The third-order valence-corrected chi connectivity index (χ3v) is 6.37. The van der Waals surface area contributed by atoms with Crippen molar-refractivity contribution in [3.05, 3.63) is 22.1 Å². The van der Waals surface area contributed by atoms with E-state index in [1.807, 2.05) is 27.7 Å². The smallest absolute Gasteiger partial charge is 0.313 e. The van der Waals surface area contributed by atoms with Crippen LogP contribution in [-0.4, -0.2) is 46.7 Å². The Balaban J connectivity index is 1.65. The van der Waals surface area contributed by atoms with Crippen molar-refractivity contribution in [2.45, 2.75) is 77.8 Å². The number of ether oxygens (including phenoxy) is 2. The van der Waals surface area contributed by atoms with Crippen molar-refractivity contribution >= 4 is 17.7 Å². The number of carbonyl (C=O) groups excluding carboxylic acids is 3. The van der Waals surface area contributed by atoms with Gasteiger partial charge in [-0.3, -0.25) is 19.2 Å². The normalized spacial score (nSPS) is 23.7. The SMILES string of the molecule is COC(=O)CC(=O)C12CCC(NC(=O)Cn3nc(C(C)C)c(OCC(C)C)cc3=O)(C1)C2. The quantitative estimate of drug-likeness (QED) is 0.430. The van der Waals surface area contributed by atoms with Crippen LogP contribution in [0, 0.1) is 11.3 Å². The highest BCUT2D eigenvalue weighted by Crippen LogP contribution is 2.62. The maximum Gasteiger partial charge on any atom is 0.313 e. The Kier molecular flexibility index (Phi) is 6.76. The number of rotatable bonds is 10. The first-order chi connectivity index (χ1) is 15.0. The number of nitrogens with zero attached hydrogens (tertiary/aromatic N) is 2. The molecule has 2 bridgehead atoms. The molecule has 3 aliphatic carbocycles. The van der Waals surface area contributed by atoms with Gasteiger partial charge in [0.15, 0.2) is 0 Å². The second kappa shape index (κ2) is 9.03. The third kappa shape index (κ3) is 4.86. The molecule has 0 saturated heterocycles. The number of ketones is 1. The van der Waals surface area contributed by atoms with E-state index >= 15 is 0 Å². The van der Waals surface area contributed by atoms with Gasteiger partial charge in [-0.05, 0) is 31.6 Å². The summed E-state index contributed by atoms with van der Waals surface area (Å²) in [5, 5.41) is 7.41. The number of Topliss-reactive ketones (excluding diaryl/α,β-unsaturated/α-hetero) is 1. The van der Waals surface area contributed by atoms with E-state index in [9.17, 15) is 19.2 Å². The highest BCUT2D eigenvalue weighted by atomic mass is 16.5. The lowest BCUT2D eigenvalue weighted by molar-refractivity contribution is -0.148. The molecule has 1 heterocycles. The fourth-order valence-corrected chi connectivity index (χ4v) is 4.80. The molecule has 1 amide bonds. The second-order valence-electron chi connectivity index (χ2n) is 9.89. The number of esters is 1. The lowest BCUT2D eigenvalue weighted by atomic mass is 9.62. The summed E-state index contributed by atoms with van der Waals surface area (Å²) in [6.45, 7) is 8.23. The summed E-state index contributed by atoms with van der Waals surface area (Å²) in [5.74, 6) is -0.191. The monoisotopic (exact) mass is 447 g/mol. The van der Waals surface area contributed by atoms with Gasteiger partial charge in [0.25, 0.3) is 5.56 Å². The standard InChI is InChI=1S/C23H33N3O6/c1-14(2)11-32-16-8-19(29)26(25-21(16)15(3)4)10-18(28)24-23-7-6-22(12-23,13-23)17(27)9-20(30)31-5/h8,14-15H,6-7,9-13H2,1-5H3,(H,24,28). The average molecular weight is 448 g/mol. The van der Waals surface area contributed by atoms with Crippen LogP contribution in [-0.2, 0) is 25.7 Å². The van der Waals surface area contributed by atoms with Gasteiger partial charge in [0.2, 0.25) is 5.91 Å². The Labute approximate surface area is 187 Å². The van der Waals surface area contributed by atoms with Crippen LogP contribution >= 0.6 is 0 Å². The number of fused-ring (bicyclic) bond motifs is 1. The first-order valence-electron chi connectivity index (χ1n) is 11.2. The van der Waals surface area contributed by atoms with Crippen LogP contribution in [0.15, 0.2) is 10.9 Å². The number of amides is 1. The van der Waals surface area contributed by atoms with Crippen LogP contribution in [0.2, 0.25) is 0 Å². The van der Waals surface area contributed by atoms with E-state index in [4.69, 9.17) is 4.74 Å².